The molecule has 0 saturated carbocycles. The van der Waals surface area contributed by atoms with Crippen LogP contribution in [0.1, 0.15) is 122 Å². The van der Waals surface area contributed by atoms with Crippen LogP contribution in [0.2, 0.25) is 0 Å². The smallest absolute Gasteiger partial charge is 0.303 e. The summed E-state index contributed by atoms with van der Waals surface area (Å²) in [6, 6.07) is 0. The van der Waals surface area contributed by atoms with Crippen molar-refractivity contribution in [1.29, 1.82) is 0 Å². The standard InChI is InChI=1S/C20H40O2.Pb/c1-2-3-4-5-6-7-8-9-10-11-12-13-14-15-16-17-18-19-20(21)22;/h2-19H2,1H3,(H,21,22);. The summed E-state index contributed by atoms with van der Waals surface area (Å²) in [4.78, 5) is 10.4. The van der Waals surface area contributed by atoms with Gasteiger partial charge in [-0.2, -0.15) is 0 Å². The molecule has 0 heterocycles. The van der Waals surface area contributed by atoms with E-state index in [1.54, 1.807) is 0 Å². The van der Waals surface area contributed by atoms with Crippen molar-refractivity contribution in [1.82, 2.24) is 0 Å². The Morgan fingerprint density at radius 1 is 0.565 bits per heavy atom. The number of aliphatic carboxylic acids is 1. The van der Waals surface area contributed by atoms with Crippen LogP contribution in [0.25, 0.3) is 0 Å². The maximum absolute atomic E-state index is 10.4. The molecule has 0 spiro atoms. The Labute approximate surface area is 165 Å². The van der Waals surface area contributed by atoms with Crippen LogP contribution in [0.15, 0.2) is 0 Å². The van der Waals surface area contributed by atoms with Crippen LogP contribution in [0.3, 0.4) is 0 Å². The number of unbranched alkanes of at least 4 members (excludes halogenated alkanes) is 16. The molecule has 0 unspecified atom stereocenters. The van der Waals surface area contributed by atoms with Gasteiger partial charge in [0.2, 0.25) is 0 Å². The van der Waals surface area contributed by atoms with Crippen molar-refractivity contribution in [3.63, 3.8) is 0 Å². The first-order valence-electron chi connectivity index (χ1n) is 9.99. The van der Waals surface area contributed by atoms with Crippen molar-refractivity contribution in [3.8, 4) is 0 Å². The summed E-state index contributed by atoms with van der Waals surface area (Å²) in [6.07, 6.45) is 23.1. The zero-order valence-electron chi connectivity index (χ0n) is 15.6. The van der Waals surface area contributed by atoms with E-state index in [9.17, 15) is 4.79 Å². The maximum Gasteiger partial charge on any atom is 0.303 e. The van der Waals surface area contributed by atoms with Gasteiger partial charge >= 0.3 is 5.97 Å². The predicted octanol–water partition coefficient (Wildman–Crippen LogP) is 6.73. The van der Waals surface area contributed by atoms with Gasteiger partial charge in [-0.1, -0.05) is 110 Å². The number of carboxylic acid groups (broad SMARTS) is 1. The van der Waals surface area contributed by atoms with Crippen molar-refractivity contribution in [2.75, 3.05) is 0 Å². The molecule has 0 atom stereocenters. The Kier molecular flexibility index (Phi) is 25.0. The molecule has 0 aliphatic rings. The molecule has 0 aromatic carbocycles. The summed E-state index contributed by atoms with van der Waals surface area (Å²) in [5.74, 6) is -0.652. The Balaban J connectivity index is 0. The van der Waals surface area contributed by atoms with Crippen LogP contribution < -0.4 is 0 Å². The Bertz CT molecular complexity index is 232. The third-order valence-electron chi connectivity index (χ3n) is 4.49. The second-order valence-corrected chi connectivity index (χ2v) is 6.80. The van der Waals surface area contributed by atoms with Crippen LogP contribution in [0.5, 0.6) is 0 Å². The fraction of sp³-hybridized carbons (Fsp3) is 0.950. The summed E-state index contributed by atoms with van der Waals surface area (Å²) < 4.78 is 0. The van der Waals surface area contributed by atoms with E-state index in [-0.39, 0.29) is 27.3 Å². The van der Waals surface area contributed by atoms with E-state index < -0.39 is 5.97 Å². The van der Waals surface area contributed by atoms with Crippen molar-refractivity contribution in [3.05, 3.63) is 0 Å². The molecule has 0 aliphatic heterocycles. The Morgan fingerprint density at radius 3 is 1.09 bits per heavy atom. The van der Waals surface area contributed by atoms with E-state index in [0.717, 1.165) is 12.8 Å². The minimum atomic E-state index is -0.652. The number of hydrogen-bond acceptors (Lipinski definition) is 1. The van der Waals surface area contributed by atoms with E-state index in [2.05, 4.69) is 6.92 Å². The van der Waals surface area contributed by atoms with E-state index in [1.807, 2.05) is 0 Å². The van der Waals surface area contributed by atoms with Crippen molar-refractivity contribution >= 4 is 33.3 Å². The number of hydrogen-bond donors (Lipinski definition) is 1. The molecule has 0 saturated heterocycles. The van der Waals surface area contributed by atoms with Gasteiger partial charge in [-0.15, -0.1) is 0 Å². The quantitative estimate of drug-likeness (QED) is 0.161. The van der Waals surface area contributed by atoms with E-state index in [4.69, 9.17) is 5.11 Å². The van der Waals surface area contributed by atoms with Gasteiger partial charge in [-0.25, -0.2) is 0 Å². The summed E-state index contributed by atoms with van der Waals surface area (Å²) in [5.41, 5.74) is 0. The normalized spacial score (nSPS) is 10.5. The molecule has 0 aromatic rings. The molecule has 0 aliphatic carbocycles. The molecular weight excluding hydrogens is 479 g/mol. The molecule has 0 fully saturated rings. The van der Waals surface area contributed by atoms with Crippen molar-refractivity contribution < 1.29 is 9.90 Å². The second-order valence-electron chi connectivity index (χ2n) is 6.80. The minimum absolute atomic E-state index is 0. The first kappa shape index (κ1) is 25.6. The van der Waals surface area contributed by atoms with Gasteiger partial charge in [0.15, 0.2) is 0 Å². The zero-order chi connectivity index (χ0) is 16.3. The zero-order valence-corrected chi connectivity index (χ0v) is 19.5. The van der Waals surface area contributed by atoms with Gasteiger partial charge in [-0.05, 0) is 6.42 Å². The monoisotopic (exact) mass is 520 g/mol. The first-order valence-corrected chi connectivity index (χ1v) is 9.99. The van der Waals surface area contributed by atoms with Gasteiger partial charge in [0, 0.05) is 33.7 Å². The van der Waals surface area contributed by atoms with Crippen LogP contribution in [0, 0.1) is 0 Å². The van der Waals surface area contributed by atoms with Gasteiger partial charge < -0.3 is 5.11 Å². The van der Waals surface area contributed by atoms with Gasteiger partial charge in [0.25, 0.3) is 0 Å². The molecule has 1 N–H and O–H groups in total. The largest absolute Gasteiger partial charge is 0.481 e. The Hall–Kier alpha value is 0.392. The molecule has 2 nitrogen and oxygen atoms in total. The van der Waals surface area contributed by atoms with Crippen LogP contribution in [0.4, 0.5) is 0 Å². The fourth-order valence-electron chi connectivity index (χ4n) is 3.00. The van der Waals surface area contributed by atoms with Crippen LogP contribution in [-0.4, -0.2) is 38.4 Å². The number of carbonyl (C=O) groups is 1. The molecular formula is C20H40O2Pb. The van der Waals surface area contributed by atoms with Crippen molar-refractivity contribution in [2.24, 2.45) is 0 Å². The van der Waals surface area contributed by atoms with Crippen molar-refractivity contribution in [2.45, 2.75) is 122 Å². The molecule has 136 valence electrons. The summed E-state index contributed by atoms with van der Waals surface area (Å²) in [5, 5.41) is 8.54. The number of carboxylic acids is 1. The number of rotatable bonds is 18. The van der Waals surface area contributed by atoms with E-state index >= 15 is 0 Å². The average Bonchev–Trinajstić information content (AvgIpc) is 2.50. The summed E-state index contributed by atoms with van der Waals surface area (Å²) in [6.45, 7) is 2.28. The second kappa shape index (κ2) is 22.4. The molecule has 0 amide bonds. The summed E-state index contributed by atoms with van der Waals surface area (Å²) in [7, 11) is 0. The SMILES string of the molecule is CCCCCCCCCCCCCCCCCCCC(=O)O.[Pb]. The van der Waals surface area contributed by atoms with E-state index in [1.165, 1.54) is 96.3 Å². The first-order chi connectivity index (χ1) is 10.8. The van der Waals surface area contributed by atoms with Crippen LogP contribution >= 0.6 is 0 Å². The molecule has 3 heteroatoms. The minimum Gasteiger partial charge on any atom is -0.481 e. The molecule has 0 rings (SSSR count). The van der Waals surface area contributed by atoms with Crippen LogP contribution in [-0.2, 0) is 4.79 Å². The Morgan fingerprint density at radius 2 is 0.826 bits per heavy atom. The van der Waals surface area contributed by atoms with Gasteiger partial charge in [0.1, 0.15) is 0 Å². The summed E-state index contributed by atoms with van der Waals surface area (Å²) >= 11 is 0. The molecule has 0 bridgehead atoms. The molecule has 23 heavy (non-hydrogen) atoms. The average molecular weight is 520 g/mol. The maximum atomic E-state index is 10.4. The van der Waals surface area contributed by atoms with Gasteiger partial charge in [-0.3, -0.25) is 4.79 Å². The topological polar surface area (TPSA) is 37.3 Å². The van der Waals surface area contributed by atoms with Gasteiger partial charge in [0.05, 0.1) is 0 Å². The molecule has 4 radical (unpaired) electrons. The molecule has 0 aromatic heterocycles. The third-order valence-corrected chi connectivity index (χ3v) is 4.49. The third kappa shape index (κ3) is 24.8. The predicted molar refractivity (Wildman–Crippen MR) is 102 cm³/mol. The fourth-order valence-corrected chi connectivity index (χ4v) is 3.00. The van der Waals surface area contributed by atoms with E-state index in [0.29, 0.717) is 6.42 Å².